The first-order valence-electron chi connectivity index (χ1n) is 7.97. The third-order valence-corrected chi connectivity index (χ3v) is 4.60. The zero-order chi connectivity index (χ0) is 16.4. The summed E-state index contributed by atoms with van der Waals surface area (Å²) in [6, 6.07) is 9.58. The van der Waals surface area contributed by atoms with E-state index in [-0.39, 0.29) is 24.8 Å². The van der Waals surface area contributed by atoms with Crippen LogP contribution < -0.4 is 5.32 Å². The molecule has 5 nitrogen and oxygen atoms in total. The lowest BCUT2D eigenvalue weighted by Gasteiger charge is -2.29. The second-order valence-electron chi connectivity index (χ2n) is 6.32. The molecule has 3 rings (SSSR count). The van der Waals surface area contributed by atoms with Crippen LogP contribution in [0.2, 0.25) is 0 Å². The second-order valence-corrected chi connectivity index (χ2v) is 6.32. The molecule has 0 aliphatic heterocycles. The number of carbonyl (C=O) groups excluding carboxylic acids is 1. The van der Waals surface area contributed by atoms with Crippen molar-refractivity contribution in [3.8, 4) is 0 Å². The lowest BCUT2D eigenvalue weighted by Crippen LogP contribution is -2.43. The molecule has 1 aliphatic rings. The molecule has 1 saturated carbocycles. The summed E-state index contributed by atoms with van der Waals surface area (Å²) in [5.74, 6) is 0.747. The molecule has 1 aliphatic carbocycles. The number of rotatable bonds is 6. The van der Waals surface area contributed by atoms with Crippen molar-refractivity contribution in [2.45, 2.75) is 38.7 Å². The SMILES string of the molecule is Cc1noc(C)c1CC(=O)NC[C@@](O)(c1ccccc1)C1CC1. The Morgan fingerprint density at radius 3 is 2.61 bits per heavy atom. The van der Waals surface area contributed by atoms with Gasteiger partial charge < -0.3 is 14.9 Å². The van der Waals surface area contributed by atoms with Crippen molar-refractivity contribution in [2.24, 2.45) is 5.92 Å². The van der Waals surface area contributed by atoms with E-state index in [0.29, 0.717) is 5.76 Å². The molecule has 1 aromatic carbocycles. The third-order valence-electron chi connectivity index (χ3n) is 4.60. The Morgan fingerprint density at radius 2 is 2.04 bits per heavy atom. The quantitative estimate of drug-likeness (QED) is 0.857. The summed E-state index contributed by atoms with van der Waals surface area (Å²) < 4.78 is 5.08. The van der Waals surface area contributed by atoms with Crippen LogP contribution in [0.15, 0.2) is 34.9 Å². The number of nitrogens with zero attached hydrogens (tertiary/aromatic N) is 1. The van der Waals surface area contributed by atoms with Crippen LogP contribution in [0.4, 0.5) is 0 Å². The molecule has 1 heterocycles. The molecular weight excluding hydrogens is 292 g/mol. The summed E-state index contributed by atoms with van der Waals surface area (Å²) in [7, 11) is 0. The molecule has 23 heavy (non-hydrogen) atoms. The molecule has 5 heteroatoms. The van der Waals surface area contributed by atoms with Crippen molar-refractivity contribution in [1.29, 1.82) is 0 Å². The molecular formula is C18H22N2O3. The molecule has 0 saturated heterocycles. The standard InChI is InChI=1S/C18H22N2O3/c1-12-16(13(2)23-20-12)10-17(21)19-11-18(22,15-8-9-15)14-6-4-3-5-7-14/h3-7,15,22H,8-11H2,1-2H3,(H,19,21)/t18-/m1/s1. The monoisotopic (exact) mass is 314 g/mol. The van der Waals surface area contributed by atoms with Crippen molar-refractivity contribution >= 4 is 5.91 Å². The molecule has 2 N–H and O–H groups in total. The van der Waals surface area contributed by atoms with E-state index in [1.807, 2.05) is 37.3 Å². The Balaban J connectivity index is 1.67. The summed E-state index contributed by atoms with van der Waals surface area (Å²) in [4.78, 5) is 12.2. The van der Waals surface area contributed by atoms with Crippen molar-refractivity contribution in [2.75, 3.05) is 6.54 Å². The van der Waals surface area contributed by atoms with Crippen molar-refractivity contribution in [1.82, 2.24) is 10.5 Å². The number of nitrogens with one attached hydrogen (secondary N) is 1. The van der Waals surface area contributed by atoms with Gasteiger partial charge in [0.25, 0.3) is 0 Å². The third kappa shape index (κ3) is 3.29. The van der Waals surface area contributed by atoms with E-state index in [1.165, 1.54) is 0 Å². The summed E-state index contributed by atoms with van der Waals surface area (Å²) in [6.07, 6.45) is 2.20. The number of aryl methyl sites for hydroxylation is 2. The molecule has 1 fully saturated rings. The summed E-state index contributed by atoms with van der Waals surface area (Å²) in [6.45, 7) is 3.85. The summed E-state index contributed by atoms with van der Waals surface area (Å²) in [5, 5.41) is 17.8. The van der Waals surface area contributed by atoms with Crippen LogP contribution in [0.1, 0.15) is 35.4 Å². The molecule has 1 amide bonds. The van der Waals surface area contributed by atoms with Crippen LogP contribution in [-0.4, -0.2) is 22.7 Å². The fraction of sp³-hybridized carbons (Fsp3) is 0.444. The minimum Gasteiger partial charge on any atom is -0.383 e. The predicted molar refractivity (Wildman–Crippen MR) is 85.8 cm³/mol. The van der Waals surface area contributed by atoms with Gasteiger partial charge in [0.1, 0.15) is 11.4 Å². The number of amides is 1. The Kier molecular flexibility index (Phi) is 4.22. The first-order chi connectivity index (χ1) is 11.0. The molecule has 122 valence electrons. The minimum absolute atomic E-state index is 0.130. The number of hydrogen-bond donors (Lipinski definition) is 2. The lowest BCUT2D eigenvalue weighted by atomic mass is 9.88. The molecule has 1 aromatic heterocycles. The van der Waals surface area contributed by atoms with Gasteiger partial charge in [-0.05, 0) is 38.2 Å². The Morgan fingerprint density at radius 1 is 1.35 bits per heavy atom. The van der Waals surface area contributed by atoms with Crippen molar-refractivity contribution < 1.29 is 14.4 Å². The van der Waals surface area contributed by atoms with Gasteiger partial charge in [-0.1, -0.05) is 35.5 Å². The topological polar surface area (TPSA) is 75.4 Å². The largest absolute Gasteiger partial charge is 0.383 e. The van der Waals surface area contributed by atoms with Gasteiger partial charge in [-0.3, -0.25) is 4.79 Å². The number of hydrogen-bond acceptors (Lipinski definition) is 4. The zero-order valence-electron chi connectivity index (χ0n) is 13.5. The van der Waals surface area contributed by atoms with E-state index in [2.05, 4.69) is 10.5 Å². The Bertz CT molecular complexity index is 672. The maximum Gasteiger partial charge on any atom is 0.224 e. The van der Waals surface area contributed by atoms with E-state index in [1.54, 1.807) is 6.92 Å². The molecule has 0 spiro atoms. The Labute approximate surface area is 135 Å². The van der Waals surface area contributed by atoms with Crippen LogP contribution in [0.5, 0.6) is 0 Å². The first-order valence-corrected chi connectivity index (χ1v) is 7.97. The minimum atomic E-state index is -0.990. The van der Waals surface area contributed by atoms with E-state index < -0.39 is 5.60 Å². The van der Waals surface area contributed by atoms with Crippen LogP contribution in [0.25, 0.3) is 0 Å². The van der Waals surface area contributed by atoms with Crippen molar-refractivity contribution in [3.05, 3.63) is 52.9 Å². The Hall–Kier alpha value is -2.14. The molecule has 1 atom stereocenters. The highest BCUT2D eigenvalue weighted by Gasteiger charge is 2.45. The first kappa shape index (κ1) is 15.7. The maximum absolute atomic E-state index is 12.2. The molecule has 0 radical (unpaired) electrons. The molecule has 0 bridgehead atoms. The number of aromatic nitrogens is 1. The average Bonchev–Trinajstić information content (AvgIpc) is 3.37. The second kappa shape index (κ2) is 6.16. The fourth-order valence-corrected chi connectivity index (χ4v) is 2.98. The van der Waals surface area contributed by atoms with Gasteiger partial charge in [0, 0.05) is 5.56 Å². The van der Waals surface area contributed by atoms with Gasteiger partial charge in [-0.25, -0.2) is 0 Å². The smallest absolute Gasteiger partial charge is 0.224 e. The number of carbonyl (C=O) groups is 1. The van der Waals surface area contributed by atoms with E-state index in [4.69, 9.17) is 4.52 Å². The van der Waals surface area contributed by atoms with Crippen LogP contribution >= 0.6 is 0 Å². The van der Waals surface area contributed by atoms with E-state index in [0.717, 1.165) is 29.7 Å². The highest BCUT2D eigenvalue weighted by atomic mass is 16.5. The van der Waals surface area contributed by atoms with Gasteiger partial charge in [-0.2, -0.15) is 0 Å². The average molecular weight is 314 g/mol. The molecule has 0 unspecified atom stereocenters. The van der Waals surface area contributed by atoms with Gasteiger partial charge >= 0.3 is 0 Å². The van der Waals surface area contributed by atoms with Gasteiger partial charge in [-0.15, -0.1) is 0 Å². The van der Waals surface area contributed by atoms with Crippen LogP contribution in [-0.2, 0) is 16.8 Å². The van der Waals surface area contributed by atoms with Gasteiger partial charge in [0.05, 0.1) is 18.7 Å². The van der Waals surface area contributed by atoms with Crippen molar-refractivity contribution in [3.63, 3.8) is 0 Å². The van der Waals surface area contributed by atoms with E-state index >= 15 is 0 Å². The zero-order valence-corrected chi connectivity index (χ0v) is 13.5. The highest BCUT2D eigenvalue weighted by Crippen LogP contribution is 2.45. The highest BCUT2D eigenvalue weighted by molar-refractivity contribution is 5.79. The summed E-state index contributed by atoms with van der Waals surface area (Å²) >= 11 is 0. The van der Waals surface area contributed by atoms with E-state index in [9.17, 15) is 9.90 Å². The summed E-state index contributed by atoms with van der Waals surface area (Å²) in [5.41, 5.74) is 1.42. The van der Waals surface area contributed by atoms with Crippen LogP contribution in [0, 0.1) is 19.8 Å². The molecule has 2 aromatic rings. The predicted octanol–water partition coefficient (Wildman–Crippen LogP) is 2.25. The van der Waals surface area contributed by atoms with Crippen LogP contribution in [0.3, 0.4) is 0 Å². The fourth-order valence-electron chi connectivity index (χ4n) is 2.98. The number of benzene rings is 1. The normalized spacial score (nSPS) is 16.8. The number of aliphatic hydroxyl groups is 1. The maximum atomic E-state index is 12.2. The van der Waals surface area contributed by atoms with Gasteiger partial charge in [0.2, 0.25) is 5.91 Å². The lowest BCUT2D eigenvalue weighted by molar-refractivity contribution is -0.122. The van der Waals surface area contributed by atoms with Gasteiger partial charge in [0.15, 0.2) is 0 Å².